The number of hydrogen-bond donors (Lipinski definition) is 2. The summed E-state index contributed by atoms with van der Waals surface area (Å²) in [5, 5.41) is 17.3. The van der Waals surface area contributed by atoms with Gasteiger partial charge in [-0.2, -0.15) is 22.7 Å². The number of halogens is 4. The molecule has 6 heterocycles. The van der Waals surface area contributed by atoms with Crippen LogP contribution in [0.3, 0.4) is 0 Å². The number of alkyl halides is 3. The maximum absolute atomic E-state index is 14.3. The summed E-state index contributed by atoms with van der Waals surface area (Å²) < 4.78 is 47.9. The Morgan fingerprint density at radius 2 is 1.84 bits per heavy atom. The molecule has 15 nitrogen and oxygen atoms in total. The number of rotatable bonds is 7. The zero-order valence-electron chi connectivity index (χ0n) is 27.7. The Labute approximate surface area is 293 Å². The molecule has 0 atom stereocenters. The van der Waals surface area contributed by atoms with E-state index in [9.17, 15) is 32.7 Å². The van der Waals surface area contributed by atoms with E-state index in [0.717, 1.165) is 24.6 Å². The molecule has 0 bridgehead atoms. The van der Waals surface area contributed by atoms with Crippen molar-refractivity contribution in [2.24, 2.45) is 5.41 Å². The van der Waals surface area contributed by atoms with Crippen molar-refractivity contribution in [2.45, 2.75) is 39.4 Å². The van der Waals surface area contributed by atoms with E-state index in [1.807, 2.05) is 16.7 Å². The molecule has 1 spiro atoms. The molecular weight excluding hydrogens is 697 g/mol. The maximum Gasteiger partial charge on any atom is 0.416 e. The fraction of sp³-hybridized carbons (Fsp3) is 0.469. The molecule has 3 fully saturated rings. The molecule has 3 aliphatic heterocycles. The van der Waals surface area contributed by atoms with Gasteiger partial charge in [0.1, 0.15) is 18.6 Å². The van der Waals surface area contributed by atoms with E-state index in [1.165, 1.54) is 15.7 Å². The summed E-state index contributed by atoms with van der Waals surface area (Å²) in [5.41, 5.74) is -0.489. The van der Waals surface area contributed by atoms with E-state index in [0.29, 0.717) is 44.4 Å². The Balaban J connectivity index is 1.22. The van der Waals surface area contributed by atoms with Gasteiger partial charge in [0.05, 0.1) is 40.9 Å². The lowest BCUT2D eigenvalue weighted by molar-refractivity contribution is -0.137. The van der Waals surface area contributed by atoms with Crippen LogP contribution in [-0.4, -0.2) is 103 Å². The summed E-state index contributed by atoms with van der Waals surface area (Å²) >= 11 is 6.13. The number of aryl methyl sites for hydroxylation is 1. The van der Waals surface area contributed by atoms with Gasteiger partial charge < -0.3 is 34.4 Å². The minimum absolute atomic E-state index is 0.00663. The van der Waals surface area contributed by atoms with Crippen molar-refractivity contribution in [3.63, 3.8) is 0 Å². The molecule has 7 rings (SSSR count). The molecule has 3 aromatic heterocycles. The monoisotopic (exact) mass is 730 g/mol. The Hall–Kier alpha value is -4.97. The lowest BCUT2D eigenvalue weighted by Crippen LogP contribution is -2.51. The second-order valence-corrected chi connectivity index (χ2v) is 13.4. The highest BCUT2D eigenvalue weighted by molar-refractivity contribution is 6.33. The third-order valence-electron chi connectivity index (χ3n) is 9.65. The second-order valence-electron chi connectivity index (χ2n) is 13.0. The molecule has 3 saturated heterocycles. The van der Waals surface area contributed by atoms with Gasteiger partial charge in [-0.25, -0.2) is 9.97 Å². The van der Waals surface area contributed by atoms with Gasteiger partial charge in [-0.3, -0.25) is 14.4 Å². The van der Waals surface area contributed by atoms with Crippen LogP contribution >= 0.6 is 11.6 Å². The molecule has 1 aromatic carbocycles. The number of carbonyl (C=O) groups excluding carboxylic acids is 2. The average Bonchev–Trinajstić information content (AvgIpc) is 3.74. The standard InChI is InChI=1S/C32H34ClF3N10O5/c1-3-22-25(42-8-10-43(11-9-42)27(49)24-26(48)18(2)37-17-38-24)28(50)46-30(40-29(41-46)44-7-6-31(14-44)15-51-16-31)45(22)13-23(47)39-21-5-4-19(12-20(21)33)32(34,35)36/h4-5,12,17,48H,3,6-11,13-16H2,1-2H3,(H,39,47). The number of carbonyl (C=O) groups is 2. The van der Waals surface area contributed by atoms with E-state index >= 15 is 0 Å². The molecule has 2 amide bonds. The summed E-state index contributed by atoms with van der Waals surface area (Å²) in [4.78, 5) is 59.0. The fourth-order valence-electron chi connectivity index (χ4n) is 6.82. The van der Waals surface area contributed by atoms with Crippen LogP contribution in [0.5, 0.6) is 5.75 Å². The van der Waals surface area contributed by atoms with Crippen molar-refractivity contribution in [1.82, 2.24) is 34.0 Å². The van der Waals surface area contributed by atoms with Crippen LogP contribution in [0.25, 0.3) is 5.78 Å². The number of amides is 2. The van der Waals surface area contributed by atoms with Crippen molar-refractivity contribution in [3.8, 4) is 5.75 Å². The third-order valence-corrected chi connectivity index (χ3v) is 9.96. The molecule has 0 unspecified atom stereocenters. The predicted molar refractivity (Wildman–Crippen MR) is 178 cm³/mol. The van der Waals surface area contributed by atoms with Gasteiger partial charge in [0.25, 0.3) is 11.5 Å². The van der Waals surface area contributed by atoms with E-state index in [4.69, 9.17) is 21.3 Å². The SMILES string of the molecule is CCc1c(N2CCN(C(=O)c3ncnc(C)c3O)CC2)c(=O)n2nc(N3CCC4(COC4)C3)nc2n1CC(=O)Nc1ccc(C(F)(F)F)cc1Cl. The summed E-state index contributed by atoms with van der Waals surface area (Å²) in [6.45, 7) is 6.49. The largest absolute Gasteiger partial charge is 0.504 e. The minimum atomic E-state index is -4.61. The number of nitrogens with zero attached hydrogens (tertiary/aromatic N) is 9. The van der Waals surface area contributed by atoms with E-state index in [1.54, 1.807) is 11.5 Å². The number of ether oxygens (including phenoxy) is 1. The highest BCUT2D eigenvalue weighted by Crippen LogP contribution is 2.39. The number of aromatic hydroxyl groups is 1. The molecule has 2 N–H and O–H groups in total. The van der Waals surface area contributed by atoms with Crippen molar-refractivity contribution >= 4 is 46.5 Å². The summed E-state index contributed by atoms with van der Waals surface area (Å²) in [6, 6.07) is 2.65. The third kappa shape index (κ3) is 6.30. The maximum atomic E-state index is 14.3. The predicted octanol–water partition coefficient (Wildman–Crippen LogP) is 2.76. The van der Waals surface area contributed by atoms with Crippen molar-refractivity contribution in [3.05, 3.63) is 62.5 Å². The zero-order chi connectivity index (χ0) is 36.2. The van der Waals surface area contributed by atoms with Gasteiger partial charge in [-0.05, 0) is 38.0 Å². The van der Waals surface area contributed by atoms with E-state index in [2.05, 4.69) is 20.4 Å². The molecule has 0 aliphatic carbocycles. The highest BCUT2D eigenvalue weighted by Gasteiger charge is 2.45. The van der Waals surface area contributed by atoms with Crippen LogP contribution in [0.2, 0.25) is 5.02 Å². The lowest BCUT2D eigenvalue weighted by atomic mass is 9.85. The first kappa shape index (κ1) is 34.5. The van der Waals surface area contributed by atoms with Gasteiger partial charge in [-0.1, -0.05) is 18.5 Å². The Morgan fingerprint density at radius 3 is 2.47 bits per heavy atom. The first-order valence-corrected chi connectivity index (χ1v) is 16.7. The van der Waals surface area contributed by atoms with E-state index < -0.39 is 29.1 Å². The Morgan fingerprint density at radius 1 is 1.10 bits per heavy atom. The van der Waals surface area contributed by atoms with Gasteiger partial charge in [0, 0.05) is 44.7 Å². The second kappa shape index (κ2) is 13.0. The van der Waals surface area contributed by atoms with Crippen LogP contribution in [0.4, 0.5) is 30.5 Å². The first-order chi connectivity index (χ1) is 24.3. The quantitative estimate of drug-likeness (QED) is 0.288. The molecule has 0 saturated carbocycles. The average molecular weight is 731 g/mol. The Kier molecular flexibility index (Phi) is 8.77. The molecule has 51 heavy (non-hydrogen) atoms. The van der Waals surface area contributed by atoms with Gasteiger partial charge in [-0.15, -0.1) is 5.10 Å². The lowest BCUT2D eigenvalue weighted by Gasteiger charge is -2.37. The number of hydrogen-bond acceptors (Lipinski definition) is 11. The summed E-state index contributed by atoms with van der Waals surface area (Å²) in [5.74, 6) is -0.933. The molecule has 270 valence electrons. The molecule has 0 radical (unpaired) electrons. The van der Waals surface area contributed by atoms with Gasteiger partial charge in [0.2, 0.25) is 17.6 Å². The van der Waals surface area contributed by atoms with Gasteiger partial charge >= 0.3 is 6.18 Å². The van der Waals surface area contributed by atoms with Crippen molar-refractivity contribution in [1.29, 1.82) is 0 Å². The number of fused-ring (bicyclic) bond motifs is 1. The number of aromatic nitrogens is 6. The van der Waals surface area contributed by atoms with Crippen LogP contribution in [0, 0.1) is 12.3 Å². The number of benzene rings is 1. The normalized spacial score (nSPS) is 17.3. The zero-order valence-corrected chi connectivity index (χ0v) is 28.5. The van der Waals surface area contributed by atoms with Crippen molar-refractivity contribution in [2.75, 3.05) is 67.6 Å². The number of anilines is 3. The summed E-state index contributed by atoms with van der Waals surface area (Å²) in [6.07, 6.45) is -2.22. The molecular formula is C32H34ClF3N10O5. The van der Waals surface area contributed by atoms with Crippen LogP contribution in [0.1, 0.15) is 40.8 Å². The minimum Gasteiger partial charge on any atom is -0.504 e. The topological polar surface area (TPSA) is 163 Å². The Bertz CT molecular complexity index is 2090. The van der Waals surface area contributed by atoms with Crippen LogP contribution in [-0.2, 0) is 28.7 Å². The van der Waals surface area contributed by atoms with Crippen LogP contribution in [0.15, 0.2) is 29.3 Å². The highest BCUT2D eigenvalue weighted by atomic mass is 35.5. The fourth-order valence-corrected chi connectivity index (χ4v) is 7.05. The van der Waals surface area contributed by atoms with Gasteiger partial charge in [0.15, 0.2) is 11.4 Å². The van der Waals surface area contributed by atoms with E-state index in [-0.39, 0.29) is 77.5 Å². The first-order valence-electron chi connectivity index (χ1n) is 16.3. The van der Waals surface area contributed by atoms with Crippen LogP contribution < -0.4 is 20.7 Å². The molecule has 19 heteroatoms. The smallest absolute Gasteiger partial charge is 0.416 e. The summed E-state index contributed by atoms with van der Waals surface area (Å²) in [7, 11) is 0. The van der Waals surface area contributed by atoms with Crippen molar-refractivity contribution < 1.29 is 32.6 Å². The number of piperazine rings is 1. The molecule has 4 aromatic rings. The number of nitrogens with one attached hydrogen (secondary N) is 1. The molecule has 3 aliphatic rings.